The average Bonchev–Trinajstić information content (AvgIpc) is 3.30. The Hall–Kier alpha value is -2.96. The lowest BCUT2D eigenvalue weighted by Crippen LogP contribution is -2.49. The monoisotopic (exact) mass is 366 g/mol. The van der Waals surface area contributed by atoms with Crippen molar-refractivity contribution in [2.45, 2.75) is 38.3 Å². The molecule has 7 nitrogen and oxygen atoms in total. The van der Waals surface area contributed by atoms with Crippen LogP contribution in [0.5, 0.6) is 0 Å². The second-order valence-corrected chi connectivity index (χ2v) is 6.91. The molecule has 0 spiro atoms. The number of hydrogen-bond acceptors (Lipinski definition) is 6. The smallest absolute Gasteiger partial charge is 0.329 e. The second-order valence-electron chi connectivity index (χ2n) is 6.91. The molecule has 27 heavy (non-hydrogen) atoms. The minimum absolute atomic E-state index is 0.109. The SMILES string of the molecule is CCOC(=O)[C@@H]1[C@H]2CC[C@H](C2)N1C(=O)c1ccc(Nc2ncccn2)cc1. The first-order valence-electron chi connectivity index (χ1n) is 9.30. The molecular weight excluding hydrogens is 344 g/mol. The van der Waals surface area contributed by atoms with E-state index in [1.807, 2.05) is 12.1 Å². The minimum atomic E-state index is -0.452. The molecule has 2 aliphatic rings. The standard InChI is InChI=1S/C20H22N4O3/c1-2-27-19(26)17-14-6-9-16(12-14)24(17)18(25)13-4-7-15(8-5-13)23-20-21-10-3-11-22-20/h3-5,7-8,10-11,14,16-17H,2,6,9,12H2,1H3,(H,21,22,23)/t14-,16+,17-/m0/s1. The predicted octanol–water partition coefficient (Wildman–Crippen LogP) is 2.78. The van der Waals surface area contributed by atoms with Gasteiger partial charge in [0.05, 0.1) is 6.61 Å². The number of ether oxygens (including phenoxy) is 1. The van der Waals surface area contributed by atoms with Crippen LogP contribution in [0.15, 0.2) is 42.7 Å². The molecule has 2 bridgehead atoms. The summed E-state index contributed by atoms with van der Waals surface area (Å²) in [6, 6.07) is 8.59. The number of esters is 1. The lowest BCUT2D eigenvalue weighted by molar-refractivity contribution is -0.150. The molecule has 2 fully saturated rings. The molecule has 140 valence electrons. The predicted molar refractivity (Wildman–Crippen MR) is 99.5 cm³/mol. The summed E-state index contributed by atoms with van der Waals surface area (Å²) in [4.78, 5) is 35.5. The van der Waals surface area contributed by atoms with Crippen LogP contribution < -0.4 is 5.32 Å². The zero-order chi connectivity index (χ0) is 18.8. The molecule has 1 aliphatic heterocycles. The Labute approximate surface area is 157 Å². The Bertz CT molecular complexity index is 825. The van der Waals surface area contributed by atoms with Gasteiger partial charge in [-0.1, -0.05) is 0 Å². The Morgan fingerprint density at radius 2 is 1.93 bits per heavy atom. The highest BCUT2D eigenvalue weighted by Gasteiger charge is 2.52. The van der Waals surface area contributed by atoms with Crippen LogP contribution >= 0.6 is 0 Å². The molecule has 0 radical (unpaired) electrons. The Balaban J connectivity index is 1.51. The number of amides is 1. The van der Waals surface area contributed by atoms with Crippen LogP contribution in [0.4, 0.5) is 11.6 Å². The van der Waals surface area contributed by atoms with Crippen molar-refractivity contribution in [2.24, 2.45) is 5.92 Å². The van der Waals surface area contributed by atoms with Gasteiger partial charge in [0.15, 0.2) is 0 Å². The number of fused-ring (bicyclic) bond motifs is 2. The van der Waals surface area contributed by atoms with Crippen LogP contribution in [-0.2, 0) is 9.53 Å². The summed E-state index contributed by atoms with van der Waals surface area (Å²) in [5.41, 5.74) is 1.36. The van der Waals surface area contributed by atoms with Gasteiger partial charge in [-0.15, -0.1) is 0 Å². The summed E-state index contributed by atoms with van der Waals surface area (Å²) in [5.74, 6) is 0.324. The highest BCUT2D eigenvalue weighted by Crippen LogP contribution is 2.43. The number of nitrogens with one attached hydrogen (secondary N) is 1. The summed E-state index contributed by atoms with van der Waals surface area (Å²) in [7, 11) is 0. The van der Waals surface area contributed by atoms with Crippen LogP contribution in [0.2, 0.25) is 0 Å². The van der Waals surface area contributed by atoms with Crippen molar-refractivity contribution in [3.05, 3.63) is 48.3 Å². The van der Waals surface area contributed by atoms with Gasteiger partial charge in [0.1, 0.15) is 6.04 Å². The first-order chi connectivity index (χ1) is 13.2. The molecule has 2 aromatic rings. The van der Waals surface area contributed by atoms with E-state index in [4.69, 9.17) is 4.74 Å². The van der Waals surface area contributed by atoms with E-state index < -0.39 is 6.04 Å². The van der Waals surface area contributed by atoms with Gasteiger partial charge in [-0.05, 0) is 62.4 Å². The zero-order valence-corrected chi connectivity index (χ0v) is 15.2. The topological polar surface area (TPSA) is 84.4 Å². The molecule has 1 N–H and O–H groups in total. The van der Waals surface area contributed by atoms with Gasteiger partial charge in [-0.3, -0.25) is 4.79 Å². The van der Waals surface area contributed by atoms with Crippen LogP contribution in [-0.4, -0.2) is 45.4 Å². The third-order valence-electron chi connectivity index (χ3n) is 5.30. The molecule has 1 aliphatic carbocycles. The lowest BCUT2D eigenvalue weighted by Gasteiger charge is -2.33. The molecule has 1 saturated carbocycles. The van der Waals surface area contributed by atoms with E-state index in [1.165, 1.54) is 0 Å². The number of aromatic nitrogens is 2. The maximum Gasteiger partial charge on any atom is 0.329 e. The minimum Gasteiger partial charge on any atom is -0.464 e. The third kappa shape index (κ3) is 3.37. The summed E-state index contributed by atoms with van der Waals surface area (Å²) in [6.07, 6.45) is 6.14. The second kappa shape index (κ2) is 7.34. The van der Waals surface area contributed by atoms with Crippen LogP contribution in [0.1, 0.15) is 36.5 Å². The van der Waals surface area contributed by atoms with Gasteiger partial charge in [-0.25, -0.2) is 14.8 Å². The van der Waals surface area contributed by atoms with E-state index in [1.54, 1.807) is 42.4 Å². The number of nitrogens with zero attached hydrogens (tertiary/aromatic N) is 3. The van der Waals surface area contributed by atoms with Crippen molar-refractivity contribution in [3.63, 3.8) is 0 Å². The van der Waals surface area contributed by atoms with Gasteiger partial charge < -0.3 is 15.0 Å². The van der Waals surface area contributed by atoms with Crippen molar-refractivity contribution in [1.29, 1.82) is 0 Å². The van der Waals surface area contributed by atoms with Crippen molar-refractivity contribution in [2.75, 3.05) is 11.9 Å². The summed E-state index contributed by atoms with van der Waals surface area (Å²) < 4.78 is 5.22. The van der Waals surface area contributed by atoms with E-state index in [0.29, 0.717) is 18.1 Å². The summed E-state index contributed by atoms with van der Waals surface area (Å²) in [5, 5.41) is 3.09. The normalized spacial score (nSPS) is 23.3. The van der Waals surface area contributed by atoms with Crippen LogP contribution in [0, 0.1) is 5.92 Å². The number of anilines is 2. The number of carbonyl (C=O) groups is 2. The molecule has 1 amide bonds. The molecule has 1 aromatic carbocycles. The largest absolute Gasteiger partial charge is 0.464 e. The Morgan fingerprint density at radius 1 is 1.19 bits per heavy atom. The summed E-state index contributed by atoms with van der Waals surface area (Å²) in [6.45, 7) is 2.12. The molecule has 7 heteroatoms. The molecule has 3 atom stereocenters. The molecule has 1 aromatic heterocycles. The van der Waals surface area contributed by atoms with E-state index >= 15 is 0 Å². The first-order valence-corrected chi connectivity index (χ1v) is 9.30. The molecule has 4 rings (SSSR count). The molecule has 1 saturated heterocycles. The Kier molecular flexibility index (Phi) is 4.75. The van der Waals surface area contributed by atoms with E-state index in [2.05, 4.69) is 15.3 Å². The van der Waals surface area contributed by atoms with Gasteiger partial charge in [-0.2, -0.15) is 0 Å². The zero-order valence-electron chi connectivity index (χ0n) is 15.2. The number of rotatable bonds is 5. The third-order valence-corrected chi connectivity index (χ3v) is 5.30. The van der Waals surface area contributed by atoms with E-state index in [9.17, 15) is 9.59 Å². The number of benzene rings is 1. The van der Waals surface area contributed by atoms with Gasteiger partial charge in [0.25, 0.3) is 5.91 Å². The van der Waals surface area contributed by atoms with Gasteiger partial charge in [0.2, 0.25) is 5.95 Å². The maximum atomic E-state index is 13.1. The maximum absolute atomic E-state index is 13.1. The molecule has 2 heterocycles. The van der Waals surface area contributed by atoms with Gasteiger partial charge in [0, 0.05) is 29.7 Å². The van der Waals surface area contributed by atoms with Crippen molar-refractivity contribution >= 4 is 23.5 Å². The van der Waals surface area contributed by atoms with Crippen LogP contribution in [0.3, 0.4) is 0 Å². The average molecular weight is 366 g/mol. The quantitative estimate of drug-likeness (QED) is 0.819. The van der Waals surface area contributed by atoms with Crippen molar-refractivity contribution in [3.8, 4) is 0 Å². The lowest BCUT2D eigenvalue weighted by atomic mass is 9.98. The highest BCUT2D eigenvalue weighted by atomic mass is 16.5. The first kappa shape index (κ1) is 17.5. The van der Waals surface area contributed by atoms with E-state index in [0.717, 1.165) is 24.9 Å². The fourth-order valence-electron chi connectivity index (χ4n) is 4.15. The highest BCUT2D eigenvalue weighted by molar-refractivity contribution is 5.98. The number of likely N-dealkylation sites (tertiary alicyclic amines) is 1. The number of piperidine rings is 1. The molecule has 0 unspecified atom stereocenters. The summed E-state index contributed by atoms with van der Waals surface area (Å²) >= 11 is 0. The van der Waals surface area contributed by atoms with Crippen molar-refractivity contribution < 1.29 is 14.3 Å². The fraction of sp³-hybridized carbons (Fsp3) is 0.400. The van der Waals surface area contributed by atoms with Gasteiger partial charge >= 0.3 is 5.97 Å². The fourth-order valence-corrected chi connectivity index (χ4v) is 4.15. The number of carbonyl (C=O) groups excluding carboxylic acids is 2. The van der Waals surface area contributed by atoms with Crippen molar-refractivity contribution in [1.82, 2.24) is 14.9 Å². The van der Waals surface area contributed by atoms with Crippen LogP contribution in [0.25, 0.3) is 0 Å². The molecular formula is C20H22N4O3. The number of hydrogen-bond donors (Lipinski definition) is 1. The Morgan fingerprint density at radius 3 is 2.63 bits per heavy atom. The van der Waals surface area contributed by atoms with E-state index in [-0.39, 0.29) is 23.8 Å².